The van der Waals surface area contributed by atoms with E-state index in [1.165, 1.54) is 24.3 Å². The van der Waals surface area contributed by atoms with E-state index >= 15 is 0 Å². The van der Waals surface area contributed by atoms with Gasteiger partial charge in [-0.2, -0.15) is 0 Å². The highest BCUT2D eigenvalue weighted by molar-refractivity contribution is 6.09. The first kappa shape index (κ1) is 17.9. The first-order valence-corrected chi connectivity index (χ1v) is 8.93. The van der Waals surface area contributed by atoms with Gasteiger partial charge in [0.1, 0.15) is 23.9 Å². The fraction of sp³-hybridized carbons (Fsp3) is 0.130. The first-order valence-electron chi connectivity index (χ1n) is 8.93. The van der Waals surface area contributed by atoms with E-state index in [1.807, 2.05) is 24.3 Å². The molecule has 0 fully saturated rings. The molecule has 0 aromatic heterocycles. The second-order valence-electron chi connectivity index (χ2n) is 6.60. The summed E-state index contributed by atoms with van der Waals surface area (Å²) < 4.78 is 24.1. The number of carbonyl (C=O) groups excluding carboxylic acids is 2. The number of ketones is 1. The maximum absolute atomic E-state index is 13.0. The van der Waals surface area contributed by atoms with Crippen LogP contribution in [0.25, 0.3) is 0 Å². The fourth-order valence-electron chi connectivity index (χ4n) is 3.12. The Labute approximate surface area is 161 Å². The van der Waals surface area contributed by atoms with Crippen molar-refractivity contribution in [3.63, 3.8) is 0 Å². The Kier molecular flexibility index (Phi) is 4.89. The smallest absolute Gasteiger partial charge is 0.318 e. The van der Waals surface area contributed by atoms with Crippen molar-refractivity contribution in [2.45, 2.75) is 6.42 Å². The molecule has 0 radical (unpaired) electrons. The number of hydrogen-bond acceptors (Lipinski definition) is 4. The molecule has 0 saturated heterocycles. The largest absolute Gasteiger partial charge is 0.492 e. The quantitative estimate of drug-likeness (QED) is 0.389. The van der Waals surface area contributed by atoms with Crippen molar-refractivity contribution in [3.05, 3.63) is 95.3 Å². The van der Waals surface area contributed by atoms with E-state index in [9.17, 15) is 14.0 Å². The predicted octanol–water partition coefficient (Wildman–Crippen LogP) is 4.21. The number of halogens is 1. The van der Waals surface area contributed by atoms with E-state index in [-0.39, 0.29) is 24.3 Å². The van der Waals surface area contributed by atoms with E-state index in [2.05, 4.69) is 0 Å². The number of carbonyl (C=O) groups is 2. The van der Waals surface area contributed by atoms with Crippen molar-refractivity contribution in [1.82, 2.24) is 0 Å². The highest BCUT2D eigenvalue weighted by Gasteiger charge is 2.27. The summed E-state index contributed by atoms with van der Waals surface area (Å²) >= 11 is 0. The summed E-state index contributed by atoms with van der Waals surface area (Å²) in [5, 5.41) is 0. The lowest BCUT2D eigenvalue weighted by molar-refractivity contribution is -0.140. The van der Waals surface area contributed by atoms with E-state index < -0.39 is 5.82 Å². The van der Waals surface area contributed by atoms with E-state index in [0.29, 0.717) is 23.3 Å². The number of hydrogen-bond donors (Lipinski definition) is 0. The number of para-hydroxylation sites is 1. The summed E-state index contributed by atoms with van der Waals surface area (Å²) in [6.07, 6.45) is 0.566. The minimum atomic E-state index is -0.395. The maximum Gasteiger partial charge on any atom is 0.318 e. The number of benzene rings is 3. The molecule has 0 N–H and O–H groups in total. The van der Waals surface area contributed by atoms with Gasteiger partial charge in [-0.25, -0.2) is 4.39 Å². The van der Waals surface area contributed by atoms with Gasteiger partial charge in [0, 0.05) is 11.1 Å². The number of fused-ring (bicyclic) bond motifs is 1. The molecule has 0 bridgehead atoms. The molecule has 0 saturated carbocycles. The molecule has 0 unspecified atom stereocenters. The lowest BCUT2D eigenvalue weighted by atomic mass is 9.97. The molecule has 3 aromatic carbocycles. The minimum Gasteiger partial charge on any atom is -0.492 e. The summed E-state index contributed by atoms with van der Waals surface area (Å²) in [4.78, 5) is 24.9. The van der Waals surface area contributed by atoms with Gasteiger partial charge in [0.15, 0.2) is 5.78 Å². The molecule has 1 aliphatic rings. The zero-order valence-electron chi connectivity index (χ0n) is 14.9. The van der Waals surface area contributed by atoms with Crippen molar-refractivity contribution >= 4 is 11.8 Å². The van der Waals surface area contributed by atoms with Crippen LogP contribution in [0.1, 0.15) is 21.5 Å². The lowest BCUT2D eigenvalue weighted by Crippen LogP contribution is -2.31. The minimum absolute atomic E-state index is 0.227. The van der Waals surface area contributed by atoms with Gasteiger partial charge in [-0.1, -0.05) is 18.2 Å². The Morgan fingerprint density at radius 2 is 1.54 bits per heavy atom. The Morgan fingerprint density at radius 3 is 2.25 bits per heavy atom. The van der Waals surface area contributed by atoms with E-state index in [4.69, 9.17) is 9.47 Å². The molecular formula is C23H17FO4. The van der Waals surface area contributed by atoms with Crippen molar-refractivity contribution < 1.29 is 23.5 Å². The average Bonchev–Trinajstić information content (AvgIpc) is 2.74. The van der Waals surface area contributed by atoms with Crippen LogP contribution in [-0.4, -0.2) is 18.4 Å². The highest BCUT2D eigenvalue weighted by Crippen LogP contribution is 2.28. The summed E-state index contributed by atoms with van der Waals surface area (Å²) in [7, 11) is 0. The lowest BCUT2D eigenvalue weighted by Gasteiger charge is -2.23. The number of esters is 1. The molecule has 140 valence electrons. The summed E-state index contributed by atoms with van der Waals surface area (Å²) in [5.74, 6) is -0.208. The topological polar surface area (TPSA) is 52.6 Å². The normalized spacial score (nSPS) is 15.2. The van der Waals surface area contributed by atoms with E-state index in [0.717, 1.165) is 11.3 Å². The standard InChI is InChI=1S/C23H17FO4/c24-19-9-5-15(6-10-19)22(25)16-7-11-20(12-8-16)28-23(26)18-13-17-3-1-2-4-21(17)27-14-18/h1-12,18H,13-14H2/t18-/m0/s1. The van der Waals surface area contributed by atoms with Crippen LogP contribution in [0.5, 0.6) is 11.5 Å². The summed E-state index contributed by atoms with van der Waals surface area (Å²) in [5.41, 5.74) is 1.81. The first-order chi connectivity index (χ1) is 13.6. The zero-order valence-corrected chi connectivity index (χ0v) is 14.9. The third-order valence-corrected chi connectivity index (χ3v) is 4.65. The van der Waals surface area contributed by atoms with Crippen molar-refractivity contribution in [1.29, 1.82) is 0 Å². The van der Waals surface area contributed by atoms with Crippen LogP contribution in [0.15, 0.2) is 72.8 Å². The molecule has 5 heteroatoms. The second kappa shape index (κ2) is 7.64. The molecule has 4 rings (SSSR count). The summed E-state index contributed by atoms with van der Waals surface area (Å²) in [6, 6.07) is 19.3. The summed E-state index contributed by atoms with van der Waals surface area (Å²) in [6.45, 7) is 0.275. The Morgan fingerprint density at radius 1 is 0.893 bits per heavy atom. The Bertz CT molecular complexity index is 1010. The number of ether oxygens (including phenoxy) is 2. The van der Waals surface area contributed by atoms with Gasteiger partial charge in [0.2, 0.25) is 0 Å². The van der Waals surface area contributed by atoms with Crippen molar-refractivity contribution in [2.24, 2.45) is 5.92 Å². The fourth-order valence-corrected chi connectivity index (χ4v) is 3.12. The van der Waals surface area contributed by atoms with Gasteiger partial charge in [-0.05, 0) is 66.6 Å². The van der Waals surface area contributed by atoms with Crippen LogP contribution in [0.4, 0.5) is 4.39 Å². The molecule has 28 heavy (non-hydrogen) atoms. The number of rotatable bonds is 4. The molecular weight excluding hydrogens is 359 g/mol. The molecule has 1 heterocycles. The average molecular weight is 376 g/mol. The Hall–Kier alpha value is -3.47. The zero-order chi connectivity index (χ0) is 19.5. The Balaban J connectivity index is 1.41. The molecule has 3 aromatic rings. The molecule has 0 aliphatic carbocycles. The second-order valence-corrected chi connectivity index (χ2v) is 6.60. The van der Waals surface area contributed by atoms with Gasteiger partial charge in [-0.3, -0.25) is 9.59 Å². The van der Waals surface area contributed by atoms with Crippen LogP contribution >= 0.6 is 0 Å². The molecule has 1 aliphatic heterocycles. The van der Waals surface area contributed by atoms with Gasteiger partial charge < -0.3 is 9.47 Å². The molecule has 0 amide bonds. The third-order valence-electron chi connectivity index (χ3n) is 4.65. The highest BCUT2D eigenvalue weighted by atomic mass is 19.1. The van der Waals surface area contributed by atoms with Gasteiger partial charge >= 0.3 is 5.97 Å². The van der Waals surface area contributed by atoms with E-state index in [1.54, 1.807) is 24.3 Å². The predicted molar refractivity (Wildman–Crippen MR) is 101 cm³/mol. The maximum atomic E-state index is 13.0. The SMILES string of the molecule is O=C(c1ccc(F)cc1)c1ccc(OC(=O)[C@@H]2COc3ccccc3C2)cc1. The van der Waals surface area contributed by atoms with Crippen LogP contribution in [0.3, 0.4) is 0 Å². The van der Waals surface area contributed by atoms with Crippen LogP contribution in [0.2, 0.25) is 0 Å². The van der Waals surface area contributed by atoms with Gasteiger partial charge in [-0.15, -0.1) is 0 Å². The molecule has 0 spiro atoms. The van der Waals surface area contributed by atoms with Gasteiger partial charge in [0.05, 0.1) is 5.92 Å². The van der Waals surface area contributed by atoms with Crippen LogP contribution in [-0.2, 0) is 11.2 Å². The van der Waals surface area contributed by atoms with Gasteiger partial charge in [0.25, 0.3) is 0 Å². The third kappa shape index (κ3) is 3.78. The van der Waals surface area contributed by atoms with Crippen molar-refractivity contribution in [3.8, 4) is 11.5 Å². The van der Waals surface area contributed by atoms with Crippen LogP contribution in [0, 0.1) is 11.7 Å². The monoisotopic (exact) mass is 376 g/mol. The molecule has 4 nitrogen and oxygen atoms in total. The molecule has 1 atom stereocenters. The van der Waals surface area contributed by atoms with Crippen LogP contribution < -0.4 is 9.47 Å². The van der Waals surface area contributed by atoms with Crippen molar-refractivity contribution in [2.75, 3.05) is 6.61 Å².